The van der Waals surface area contributed by atoms with Gasteiger partial charge >= 0.3 is 0 Å². The van der Waals surface area contributed by atoms with Crippen LogP contribution in [0.3, 0.4) is 0 Å². The Balaban J connectivity index is 2.44. The molecule has 0 amide bonds. The van der Waals surface area contributed by atoms with Crippen LogP contribution in [-0.2, 0) is 0 Å². The zero-order chi connectivity index (χ0) is 10.1. The number of ether oxygens (including phenoxy) is 1. The molecule has 1 heterocycles. The summed E-state index contributed by atoms with van der Waals surface area (Å²) in [5.74, 6) is 0.647. The van der Waals surface area contributed by atoms with E-state index in [0.29, 0.717) is 22.8 Å². The zero-order valence-corrected chi connectivity index (χ0v) is 8.25. The van der Waals surface area contributed by atoms with Crippen molar-refractivity contribution in [3.63, 3.8) is 0 Å². The number of hydrogen-bond donors (Lipinski definition) is 0. The molecule has 0 spiro atoms. The van der Waals surface area contributed by atoms with Gasteiger partial charge in [-0.1, -0.05) is 24.3 Å². The average molecular weight is 209 g/mol. The van der Waals surface area contributed by atoms with Gasteiger partial charge in [-0.2, -0.15) is 0 Å². The predicted molar refractivity (Wildman–Crippen MR) is 55.0 cm³/mol. The van der Waals surface area contributed by atoms with E-state index < -0.39 is 0 Å². The first-order valence-electron chi connectivity index (χ1n) is 4.32. The molecule has 0 bridgehead atoms. The van der Waals surface area contributed by atoms with Crippen molar-refractivity contribution in [3.05, 3.63) is 41.4 Å². The fourth-order valence-electron chi connectivity index (χ4n) is 1.45. The van der Waals surface area contributed by atoms with Crippen LogP contribution in [0.5, 0.6) is 5.75 Å². The van der Waals surface area contributed by atoms with E-state index in [0.717, 1.165) is 0 Å². The van der Waals surface area contributed by atoms with Crippen molar-refractivity contribution in [3.8, 4) is 5.75 Å². The number of benzene rings is 1. The van der Waals surface area contributed by atoms with E-state index in [1.807, 2.05) is 0 Å². The van der Waals surface area contributed by atoms with Gasteiger partial charge in [0.15, 0.2) is 5.78 Å². The molecule has 1 aliphatic rings. The summed E-state index contributed by atoms with van der Waals surface area (Å²) in [6.07, 6.45) is 1.77. The lowest BCUT2D eigenvalue weighted by Gasteiger charge is -2.22. The third-order valence-electron chi connectivity index (χ3n) is 2.17. The van der Waals surface area contributed by atoms with Crippen LogP contribution in [-0.4, -0.2) is 11.9 Å². The minimum absolute atomic E-state index is 0.0543. The Kier molecular flexibility index (Phi) is 2.30. The van der Waals surface area contributed by atoms with E-state index >= 15 is 0 Å². The topological polar surface area (TPSA) is 26.3 Å². The molecule has 0 N–H and O–H groups in total. The van der Waals surface area contributed by atoms with Crippen molar-refractivity contribution >= 4 is 17.4 Å². The molecule has 2 rings (SSSR count). The molecule has 0 fully saturated rings. The summed E-state index contributed by atoms with van der Waals surface area (Å²) in [4.78, 5) is 11.6. The quantitative estimate of drug-likeness (QED) is 0.664. The molecular formula is C11H9ClO2. The van der Waals surface area contributed by atoms with Crippen molar-refractivity contribution in [2.45, 2.75) is 12.5 Å². The maximum absolute atomic E-state index is 11.6. The van der Waals surface area contributed by atoms with Crippen LogP contribution >= 0.6 is 11.6 Å². The van der Waals surface area contributed by atoms with Gasteiger partial charge in [-0.15, -0.1) is 0 Å². The van der Waals surface area contributed by atoms with Crippen molar-refractivity contribution in [2.75, 3.05) is 0 Å². The van der Waals surface area contributed by atoms with Crippen molar-refractivity contribution in [1.82, 2.24) is 0 Å². The van der Waals surface area contributed by atoms with Gasteiger partial charge in [-0.05, 0) is 18.2 Å². The Hall–Kier alpha value is -1.28. The second-order valence-electron chi connectivity index (χ2n) is 3.16. The lowest BCUT2D eigenvalue weighted by Crippen LogP contribution is -2.24. The van der Waals surface area contributed by atoms with Gasteiger partial charge in [0.1, 0.15) is 11.9 Å². The van der Waals surface area contributed by atoms with E-state index in [4.69, 9.17) is 16.3 Å². The van der Waals surface area contributed by atoms with Crippen LogP contribution in [0.1, 0.15) is 16.8 Å². The molecule has 2 nitrogen and oxygen atoms in total. The summed E-state index contributed by atoms with van der Waals surface area (Å²) in [6, 6.07) is 5.06. The maximum atomic E-state index is 11.6. The Bertz CT molecular complexity index is 398. The van der Waals surface area contributed by atoms with Gasteiger partial charge in [-0.3, -0.25) is 4.79 Å². The van der Waals surface area contributed by atoms with Crippen LogP contribution in [0, 0.1) is 0 Å². The number of hydrogen-bond acceptors (Lipinski definition) is 2. The average Bonchev–Trinajstić information content (AvgIpc) is 2.19. The number of rotatable bonds is 1. The Morgan fingerprint density at radius 2 is 2.36 bits per heavy atom. The van der Waals surface area contributed by atoms with E-state index in [9.17, 15) is 4.79 Å². The molecule has 0 radical (unpaired) electrons. The molecule has 3 heteroatoms. The first kappa shape index (κ1) is 9.28. The van der Waals surface area contributed by atoms with Crippen LogP contribution < -0.4 is 4.74 Å². The highest BCUT2D eigenvalue weighted by Gasteiger charge is 2.24. The fraction of sp³-hybridized carbons (Fsp3) is 0.182. The third kappa shape index (κ3) is 1.53. The van der Waals surface area contributed by atoms with Crippen LogP contribution in [0.4, 0.5) is 0 Å². The van der Waals surface area contributed by atoms with Gasteiger partial charge in [0.2, 0.25) is 0 Å². The van der Waals surface area contributed by atoms with Crippen LogP contribution in [0.2, 0.25) is 5.02 Å². The number of halogens is 1. The molecule has 0 saturated heterocycles. The standard InChI is InChI=1S/C11H9ClO2/c1-2-8-6-10(13)9-5-7(12)3-4-11(9)14-8/h2-5,8H,1,6H2. The monoisotopic (exact) mass is 208 g/mol. The summed E-state index contributed by atoms with van der Waals surface area (Å²) in [5, 5.41) is 0.553. The number of ketones is 1. The molecule has 0 aliphatic carbocycles. The van der Waals surface area contributed by atoms with Gasteiger partial charge in [0.05, 0.1) is 12.0 Å². The molecule has 0 aromatic heterocycles. The van der Waals surface area contributed by atoms with E-state index in [1.54, 1.807) is 24.3 Å². The highest BCUT2D eigenvalue weighted by atomic mass is 35.5. The Morgan fingerprint density at radius 3 is 3.07 bits per heavy atom. The largest absolute Gasteiger partial charge is 0.485 e. The normalized spacial score (nSPS) is 19.8. The van der Waals surface area contributed by atoms with Crippen LogP contribution in [0.25, 0.3) is 0 Å². The predicted octanol–water partition coefficient (Wildman–Crippen LogP) is 2.86. The lowest BCUT2D eigenvalue weighted by molar-refractivity contribution is 0.0894. The molecule has 0 saturated carbocycles. The Morgan fingerprint density at radius 1 is 1.57 bits per heavy atom. The molecule has 1 aliphatic heterocycles. The van der Waals surface area contributed by atoms with Gasteiger partial charge in [0.25, 0.3) is 0 Å². The first-order valence-corrected chi connectivity index (χ1v) is 4.70. The number of Topliss-reactive ketones (excluding diaryl/α,β-unsaturated/α-hetero) is 1. The van der Waals surface area contributed by atoms with Gasteiger partial charge in [-0.25, -0.2) is 0 Å². The summed E-state index contributed by atoms with van der Waals surface area (Å²) >= 11 is 5.78. The molecular weight excluding hydrogens is 200 g/mol. The summed E-state index contributed by atoms with van der Waals surface area (Å²) in [7, 11) is 0. The second kappa shape index (κ2) is 3.46. The first-order chi connectivity index (χ1) is 6.70. The number of carbonyl (C=O) groups excluding carboxylic acids is 1. The number of fused-ring (bicyclic) bond motifs is 1. The zero-order valence-electron chi connectivity index (χ0n) is 7.50. The minimum Gasteiger partial charge on any atom is -0.485 e. The summed E-state index contributed by atoms with van der Waals surface area (Å²) in [5.41, 5.74) is 0.565. The van der Waals surface area contributed by atoms with E-state index in [-0.39, 0.29) is 11.9 Å². The maximum Gasteiger partial charge on any atom is 0.170 e. The third-order valence-corrected chi connectivity index (χ3v) is 2.40. The van der Waals surface area contributed by atoms with Gasteiger partial charge < -0.3 is 4.74 Å². The van der Waals surface area contributed by atoms with E-state index in [2.05, 4.69) is 6.58 Å². The summed E-state index contributed by atoms with van der Waals surface area (Å²) in [6.45, 7) is 3.61. The highest BCUT2D eigenvalue weighted by Crippen LogP contribution is 2.30. The van der Waals surface area contributed by atoms with Crippen molar-refractivity contribution in [2.24, 2.45) is 0 Å². The molecule has 1 aromatic carbocycles. The SMILES string of the molecule is C=CC1CC(=O)c2cc(Cl)ccc2O1. The van der Waals surface area contributed by atoms with Crippen molar-refractivity contribution < 1.29 is 9.53 Å². The molecule has 1 aromatic rings. The van der Waals surface area contributed by atoms with Crippen LogP contribution in [0.15, 0.2) is 30.9 Å². The Labute approximate surface area is 87.1 Å². The number of carbonyl (C=O) groups is 1. The second-order valence-corrected chi connectivity index (χ2v) is 3.60. The van der Waals surface area contributed by atoms with E-state index in [1.165, 1.54) is 0 Å². The molecule has 1 atom stereocenters. The van der Waals surface area contributed by atoms with Gasteiger partial charge in [0, 0.05) is 5.02 Å². The lowest BCUT2D eigenvalue weighted by atomic mass is 10.0. The minimum atomic E-state index is -0.212. The summed E-state index contributed by atoms with van der Waals surface area (Å²) < 4.78 is 5.51. The molecule has 14 heavy (non-hydrogen) atoms. The molecule has 1 unspecified atom stereocenters. The fourth-order valence-corrected chi connectivity index (χ4v) is 1.62. The highest BCUT2D eigenvalue weighted by molar-refractivity contribution is 6.31. The van der Waals surface area contributed by atoms with Crippen molar-refractivity contribution in [1.29, 1.82) is 0 Å². The smallest absolute Gasteiger partial charge is 0.170 e. The molecule has 72 valence electrons.